The average molecular weight is 396 g/mol. The first-order chi connectivity index (χ1) is 14.0. The number of carbonyl (C=O) groups is 1. The second kappa shape index (κ2) is 7.46. The molecule has 29 heavy (non-hydrogen) atoms. The number of benzene rings is 2. The van der Waals surface area contributed by atoms with E-state index in [0.29, 0.717) is 35.6 Å². The summed E-state index contributed by atoms with van der Waals surface area (Å²) in [5.74, 6) is -2.28. The highest BCUT2D eigenvalue weighted by Crippen LogP contribution is 2.22. The summed E-state index contributed by atoms with van der Waals surface area (Å²) >= 11 is 0. The Bertz CT molecular complexity index is 1290. The number of halogens is 2. The molecule has 0 bridgehead atoms. The van der Waals surface area contributed by atoms with Crippen LogP contribution < -0.4 is 10.9 Å². The van der Waals surface area contributed by atoms with Crippen molar-refractivity contribution >= 4 is 27.7 Å². The molecule has 0 atom stereocenters. The Balaban J connectivity index is 1.54. The van der Waals surface area contributed by atoms with Crippen LogP contribution in [0, 0.1) is 18.6 Å². The van der Waals surface area contributed by atoms with Gasteiger partial charge in [0.25, 0.3) is 11.5 Å². The molecule has 1 amide bonds. The van der Waals surface area contributed by atoms with Gasteiger partial charge in [0.15, 0.2) is 0 Å². The van der Waals surface area contributed by atoms with Gasteiger partial charge < -0.3 is 9.88 Å². The molecule has 2 N–H and O–H groups in total. The minimum Gasteiger partial charge on any atom is -0.352 e. The van der Waals surface area contributed by atoms with Gasteiger partial charge in [0.05, 0.1) is 16.5 Å². The quantitative estimate of drug-likeness (QED) is 0.508. The van der Waals surface area contributed by atoms with Crippen LogP contribution in [-0.4, -0.2) is 27.2 Å². The molecule has 2 aromatic carbocycles. The number of aromatic amines is 1. The lowest BCUT2D eigenvalue weighted by atomic mass is 10.1. The Morgan fingerprint density at radius 3 is 2.79 bits per heavy atom. The van der Waals surface area contributed by atoms with E-state index in [-0.39, 0.29) is 17.7 Å². The van der Waals surface area contributed by atoms with Gasteiger partial charge in [-0.05, 0) is 31.5 Å². The zero-order chi connectivity index (χ0) is 20.5. The Hall–Kier alpha value is -3.55. The number of para-hydroxylation sites is 1. The lowest BCUT2D eigenvalue weighted by Crippen LogP contribution is -2.28. The van der Waals surface area contributed by atoms with Gasteiger partial charge in [0.2, 0.25) is 0 Å². The molecule has 4 aromatic rings. The Morgan fingerprint density at radius 1 is 1.21 bits per heavy atom. The van der Waals surface area contributed by atoms with Gasteiger partial charge in [-0.3, -0.25) is 14.7 Å². The number of fused-ring (bicyclic) bond motifs is 3. The molecule has 0 spiro atoms. The molecule has 0 aliphatic carbocycles. The molecule has 0 aliphatic heterocycles. The smallest absolute Gasteiger partial charge is 0.262 e. The molecule has 2 aromatic heterocycles. The summed E-state index contributed by atoms with van der Waals surface area (Å²) in [5, 5.41) is 11.1. The number of rotatable bonds is 5. The highest BCUT2D eigenvalue weighted by Gasteiger charge is 2.15. The lowest BCUT2D eigenvalue weighted by Gasteiger charge is -2.12. The van der Waals surface area contributed by atoms with Gasteiger partial charge in [-0.1, -0.05) is 18.2 Å². The topological polar surface area (TPSA) is 79.8 Å². The molecule has 2 heterocycles. The largest absolute Gasteiger partial charge is 0.352 e. The van der Waals surface area contributed by atoms with E-state index in [1.807, 2.05) is 24.3 Å². The lowest BCUT2D eigenvalue weighted by molar-refractivity contribution is 0.0948. The van der Waals surface area contributed by atoms with Crippen LogP contribution in [0.3, 0.4) is 0 Å². The molecule has 0 saturated carbocycles. The fourth-order valence-electron chi connectivity index (χ4n) is 3.47. The summed E-state index contributed by atoms with van der Waals surface area (Å²) in [7, 11) is 0. The van der Waals surface area contributed by atoms with Crippen LogP contribution >= 0.6 is 0 Å². The minimum absolute atomic E-state index is 0.152. The SMILES string of the molecule is Cc1[nH]nc2c1c(=O)n(CCCNC(=O)c1ccc(F)cc1F)c1ccccc21. The van der Waals surface area contributed by atoms with Crippen LogP contribution in [-0.2, 0) is 6.54 Å². The first-order valence-corrected chi connectivity index (χ1v) is 9.17. The first kappa shape index (κ1) is 18.8. The Kier molecular flexibility index (Phi) is 4.84. The van der Waals surface area contributed by atoms with Gasteiger partial charge in [0, 0.05) is 30.2 Å². The van der Waals surface area contributed by atoms with E-state index in [4.69, 9.17) is 0 Å². The Labute approximate surface area is 164 Å². The van der Waals surface area contributed by atoms with Crippen molar-refractivity contribution in [2.24, 2.45) is 0 Å². The Morgan fingerprint density at radius 2 is 2.00 bits per heavy atom. The molecule has 6 nitrogen and oxygen atoms in total. The number of hydrogen-bond donors (Lipinski definition) is 2. The maximum Gasteiger partial charge on any atom is 0.262 e. The molecule has 148 valence electrons. The van der Waals surface area contributed by atoms with Crippen molar-refractivity contribution in [3.05, 3.63) is 75.7 Å². The number of H-pyrrole nitrogens is 1. The normalized spacial score (nSPS) is 11.3. The van der Waals surface area contributed by atoms with Crippen LogP contribution in [0.1, 0.15) is 22.5 Å². The van der Waals surface area contributed by atoms with Gasteiger partial charge in [-0.25, -0.2) is 8.78 Å². The maximum absolute atomic E-state index is 13.7. The highest BCUT2D eigenvalue weighted by atomic mass is 19.1. The van der Waals surface area contributed by atoms with Crippen molar-refractivity contribution in [1.82, 2.24) is 20.1 Å². The number of aryl methyl sites for hydroxylation is 2. The predicted octanol–water partition coefficient (Wildman–Crippen LogP) is 3.28. The monoisotopic (exact) mass is 396 g/mol. The van der Waals surface area contributed by atoms with Gasteiger partial charge in [0.1, 0.15) is 17.2 Å². The number of amides is 1. The van der Waals surface area contributed by atoms with E-state index >= 15 is 0 Å². The third-order valence-corrected chi connectivity index (χ3v) is 4.88. The second-order valence-electron chi connectivity index (χ2n) is 6.78. The number of aromatic nitrogens is 3. The first-order valence-electron chi connectivity index (χ1n) is 9.17. The molecule has 4 rings (SSSR count). The van der Waals surface area contributed by atoms with Crippen molar-refractivity contribution in [3.63, 3.8) is 0 Å². The molecular weight excluding hydrogens is 378 g/mol. The molecule has 0 aliphatic rings. The van der Waals surface area contributed by atoms with Crippen LogP contribution in [0.2, 0.25) is 0 Å². The van der Waals surface area contributed by atoms with E-state index in [1.165, 1.54) is 0 Å². The third kappa shape index (κ3) is 3.37. The minimum atomic E-state index is -0.911. The van der Waals surface area contributed by atoms with E-state index in [1.54, 1.807) is 11.5 Å². The van der Waals surface area contributed by atoms with Crippen LogP contribution in [0.5, 0.6) is 0 Å². The van der Waals surface area contributed by atoms with Crippen molar-refractivity contribution in [1.29, 1.82) is 0 Å². The summed E-state index contributed by atoms with van der Waals surface area (Å²) in [4.78, 5) is 25.1. The van der Waals surface area contributed by atoms with Crippen molar-refractivity contribution in [2.45, 2.75) is 19.9 Å². The van der Waals surface area contributed by atoms with E-state index < -0.39 is 17.5 Å². The summed E-state index contributed by atoms with van der Waals surface area (Å²) in [5.41, 5.74) is 1.72. The number of pyridine rings is 1. The molecule has 0 unspecified atom stereocenters. The zero-order valence-corrected chi connectivity index (χ0v) is 15.6. The predicted molar refractivity (Wildman–Crippen MR) is 106 cm³/mol. The molecular formula is C21H18F2N4O2. The third-order valence-electron chi connectivity index (χ3n) is 4.88. The average Bonchev–Trinajstić information content (AvgIpc) is 3.09. The molecule has 0 saturated heterocycles. The van der Waals surface area contributed by atoms with E-state index in [9.17, 15) is 18.4 Å². The number of hydrogen-bond acceptors (Lipinski definition) is 3. The molecule has 8 heteroatoms. The molecule has 0 radical (unpaired) electrons. The summed E-state index contributed by atoms with van der Waals surface area (Å²) in [6.07, 6.45) is 0.459. The van der Waals surface area contributed by atoms with Crippen LogP contribution in [0.25, 0.3) is 21.8 Å². The van der Waals surface area contributed by atoms with Gasteiger partial charge in [-0.15, -0.1) is 0 Å². The fourth-order valence-corrected chi connectivity index (χ4v) is 3.47. The summed E-state index contributed by atoms with van der Waals surface area (Å²) in [6.45, 7) is 2.40. The van der Waals surface area contributed by atoms with Crippen LogP contribution in [0.15, 0.2) is 47.3 Å². The molecule has 0 fully saturated rings. The zero-order valence-electron chi connectivity index (χ0n) is 15.6. The van der Waals surface area contributed by atoms with Gasteiger partial charge in [-0.2, -0.15) is 5.10 Å². The van der Waals surface area contributed by atoms with Crippen molar-refractivity contribution in [2.75, 3.05) is 6.54 Å². The van der Waals surface area contributed by atoms with E-state index in [0.717, 1.165) is 23.0 Å². The number of nitrogens with zero attached hydrogens (tertiary/aromatic N) is 2. The van der Waals surface area contributed by atoms with Gasteiger partial charge >= 0.3 is 0 Å². The van der Waals surface area contributed by atoms with Crippen molar-refractivity contribution in [3.8, 4) is 0 Å². The van der Waals surface area contributed by atoms with Crippen molar-refractivity contribution < 1.29 is 13.6 Å². The maximum atomic E-state index is 13.7. The number of carbonyl (C=O) groups excluding carboxylic acids is 1. The second-order valence-corrected chi connectivity index (χ2v) is 6.78. The number of nitrogens with one attached hydrogen (secondary N) is 2. The summed E-state index contributed by atoms with van der Waals surface area (Å²) in [6, 6.07) is 10.3. The standard InChI is InChI=1S/C21H18F2N4O2/c1-12-18-19(26-25-12)15-5-2-3-6-17(15)27(21(18)29)10-4-9-24-20(28)14-8-7-13(22)11-16(14)23/h2-3,5-8,11H,4,9-10H2,1H3,(H,24,28)(H,25,26). The fraction of sp³-hybridized carbons (Fsp3) is 0.190. The summed E-state index contributed by atoms with van der Waals surface area (Å²) < 4.78 is 28.3. The highest BCUT2D eigenvalue weighted by molar-refractivity contribution is 6.03. The van der Waals surface area contributed by atoms with E-state index in [2.05, 4.69) is 15.5 Å². The van der Waals surface area contributed by atoms with Crippen LogP contribution in [0.4, 0.5) is 8.78 Å².